The molecule has 164 valence electrons. The summed E-state index contributed by atoms with van der Waals surface area (Å²) in [7, 11) is 3.99. The Morgan fingerprint density at radius 1 is 1.00 bits per heavy atom. The predicted octanol–water partition coefficient (Wildman–Crippen LogP) is 3.96. The van der Waals surface area contributed by atoms with Crippen molar-refractivity contribution in [2.24, 2.45) is 5.10 Å². The smallest absolute Gasteiger partial charge is 0.290 e. The topological polar surface area (TPSA) is 73.7 Å². The number of carbonyl (C=O) groups excluding carboxylic acids is 1. The molecule has 1 fully saturated rings. The molecule has 0 bridgehead atoms. The summed E-state index contributed by atoms with van der Waals surface area (Å²) in [6.07, 6.45) is 5.06. The van der Waals surface area contributed by atoms with Gasteiger partial charge >= 0.3 is 0 Å². The van der Waals surface area contributed by atoms with E-state index in [1.54, 1.807) is 12.3 Å². The van der Waals surface area contributed by atoms with Gasteiger partial charge in [-0.15, -0.1) is 0 Å². The molecule has 1 aromatic heterocycles. The van der Waals surface area contributed by atoms with Gasteiger partial charge in [-0.25, -0.2) is 15.4 Å². The molecule has 1 N–H and O–H groups in total. The number of hydrogen-bond donors (Lipinski definition) is 1. The van der Waals surface area contributed by atoms with Crippen LogP contribution in [-0.2, 0) is 0 Å². The molecule has 0 atom stereocenters. The molecule has 0 aliphatic carbocycles. The number of rotatable bonds is 6. The van der Waals surface area contributed by atoms with Crippen molar-refractivity contribution >= 4 is 23.8 Å². The summed E-state index contributed by atoms with van der Waals surface area (Å²) < 4.78 is 0. The highest BCUT2D eigenvalue weighted by atomic mass is 16.2. The Morgan fingerprint density at radius 2 is 1.72 bits per heavy atom. The van der Waals surface area contributed by atoms with Crippen molar-refractivity contribution in [2.45, 2.75) is 19.3 Å². The van der Waals surface area contributed by atoms with Gasteiger partial charge in [-0.2, -0.15) is 5.10 Å². The Kier molecular flexibility index (Phi) is 6.75. The maximum Gasteiger partial charge on any atom is 0.290 e. The fourth-order valence-corrected chi connectivity index (χ4v) is 3.62. The second-order valence-electron chi connectivity index (χ2n) is 8.04. The average Bonchev–Trinajstić information content (AvgIpc) is 2.85. The molecule has 1 saturated heterocycles. The van der Waals surface area contributed by atoms with E-state index in [1.165, 1.54) is 6.42 Å². The molecule has 7 nitrogen and oxygen atoms in total. The van der Waals surface area contributed by atoms with Crippen LogP contribution >= 0.6 is 0 Å². The molecular weight excluding hydrogens is 400 g/mol. The van der Waals surface area contributed by atoms with E-state index in [2.05, 4.69) is 20.4 Å². The quantitative estimate of drug-likeness (QED) is 0.475. The first-order valence-electron chi connectivity index (χ1n) is 10.9. The second kappa shape index (κ2) is 10.0. The van der Waals surface area contributed by atoms with Crippen molar-refractivity contribution in [2.75, 3.05) is 37.0 Å². The number of aromatic nitrogens is 2. The van der Waals surface area contributed by atoms with Crippen LogP contribution in [0.1, 0.15) is 35.3 Å². The van der Waals surface area contributed by atoms with Crippen LogP contribution < -0.4 is 15.2 Å². The molecule has 0 radical (unpaired) electrons. The predicted molar refractivity (Wildman–Crippen MR) is 129 cm³/mol. The molecule has 7 heteroatoms. The summed E-state index contributed by atoms with van der Waals surface area (Å²) >= 11 is 0. The summed E-state index contributed by atoms with van der Waals surface area (Å²) in [5.41, 5.74) is 6.59. The molecule has 3 aromatic rings. The third-order valence-electron chi connectivity index (χ3n) is 5.44. The van der Waals surface area contributed by atoms with Gasteiger partial charge in [0.25, 0.3) is 5.91 Å². The summed E-state index contributed by atoms with van der Waals surface area (Å²) in [6, 6.07) is 19.5. The minimum absolute atomic E-state index is 0.305. The summed E-state index contributed by atoms with van der Waals surface area (Å²) in [5, 5.41) is 4.12. The Hall–Kier alpha value is -3.74. The van der Waals surface area contributed by atoms with Crippen molar-refractivity contribution in [3.63, 3.8) is 0 Å². The number of amides is 1. The Bertz CT molecular complexity index is 1070. The number of benzene rings is 2. The Morgan fingerprint density at radius 3 is 2.41 bits per heavy atom. The van der Waals surface area contributed by atoms with Crippen molar-refractivity contribution in [3.05, 3.63) is 71.9 Å². The van der Waals surface area contributed by atoms with Gasteiger partial charge < -0.3 is 9.80 Å². The molecule has 1 aliphatic heterocycles. The monoisotopic (exact) mass is 428 g/mol. The molecular formula is C25H28N6O. The highest BCUT2D eigenvalue weighted by Crippen LogP contribution is 2.23. The lowest BCUT2D eigenvalue weighted by atomic mass is 10.1. The van der Waals surface area contributed by atoms with Crippen LogP contribution in [0.4, 0.5) is 11.6 Å². The standard InChI is InChI=1S/C25H28N6O/c1-30(2)21-13-11-19(12-14-21)18-26-29-24(32)23-17-22(20-9-5-3-6-10-20)27-25(28-23)31-15-7-4-8-16-31/h3,5-6,9-14,17-18H,4,7-8,15-16H2,1-2H3,(H,29,32)/b26-18+. The van der Waals surface area contributed by atoms with Crippen LogP contribution in [0.25, 0.3) is 11.3 Å². The molecule has 32 heavy (non-hydrogen) atoms. The molecule has 0 spiro atoms. The van der Waals surface area contributed by atoms with Crippen molar-refractivity contribution in [1.29, 1.82) is 0 Å². The number of hydrogen-bond acceptors (Lipinski definition) is 6. The van der Waals surface area contributed by atoms with Gasteiger partial charge in [-0.05, 0) is 43.0 Å². The number of hydrazone groups is 1. The Balaban J connectivity index is 1.54. The van der Waals surface area contributed by atoms with E-state index in [9.17, 15) is 4.79 Å². The first-order valence-corrected chi connectivity index (χ1v) is 10.9. The number of anilines is 2. The highest BCUT2D eigenvalue weighted by Gasteiger charge is 2.18. The first kappa shape index (κ1) is 21.5. The van der Waals surface area contributed by atoms with Crippen molar-refractivity contribution < 1.29 is 4.79 Å². The van der Waals surface area contributed by atoms with Gasteiger partial charge in [0.15, 0.2) is 0 Å². The molecule has 4 rings (SSSR count). The lowest BCUT2D eigenvalue weighted by Gasteiger charge is -2.27. The fourth-order valence-electron chi connectivity index (χ4n) is 3.62. The van der Waals surface area contributed by atoms with E-state index in [0.29, 0.717) is 11.6 Å². The van der Waals surface area contributed by atoms with Gasteiger partial charge in [0, 0.05) is 38.4 Å². The lowest BCUT2D eigenvalue weighted by molar-refractivity contribution is 0.0950. The van der Waals surface area contributed by atoms with Gasteiger partial charge in [0.1, 0.15) is 5.69 Å². The third-order valence-corrected chi connectivity index (χ3v) is 5.44. The van der Waals surface area contributed by atoms with E-state index < -0.39 is 0 Å². The molecule has 2 aromatic carbocycles. The van der Waals surface area contributed by atoms with E-state index in [4.69, 9.17) is 4.98 Å². The van der Waals surface area contributed by atoms with Crippen LogP contribution in [0.3, 0.4) is 0 Å². The largest absolute Gasteiger partial charge is 0.378 e. The Labute approximate surface area is 188 Å². The summed E-state index contributed by atoms with van der Waals surface area (Å²) in [6.45, 7) is 1.81. The van der Waals surface area contributed by atoms with Gasteiger partial charge in [0.2, 0.25) is 5.95 Å². The zero-order valence-corrected chi connectivity index (χ0v) is 18.5. The van der Waals surface area contributed by atoms with E-state index in [1.807, 2.05) is 73.6 Å². The molecule has 1 aliphatic rings. The van der Waals surface area contributed by atoms with E-state index in [-0.39, 0.29) is 5.91 Å². The second-order valence-corrected chi connectivity index (χ2v) is 8.04. The minimum atomic E-state index is -0.357. The number of piperidine rings is 1. The van der Waals surface area contributed by atoms with Gasteiger partial charge in [-0.1, -0.05) is 42.5 Å². The normalized spacial score (nSPS) is 13.9. The van der Waals surface area contributed by atoms with Gasteiger partial charge in [-0.3, -0.25) is 4.79 Å². The maximum absolute atomic E-state index is 12.9. The summed E-state index contributed by atoms with van der Waals surface area (Å²) in [4.78, 5) is 26.4. The fraction of sp³-hybridized carbons (Fsp3) is 0.280. The number of nitrogens with zero attached hydrogens (tertiary/aromatic N) is 5. The number of carbonyl (C=O) groups is 1. The first-order chi connectivity index (χ1) is 15.6. The average molecular weight is 429 g/mol. The van der Waals surface area contributed by atoms with Crippen LogP contribution in [-0.4, -0.2) is 49.3 Å². The van der Waals surface area contributed by atoms with Crippen LogP contribution in [0.2, 0.25) is 0 Å². The molecule has 0 unspecified atom stereocenters. The molecule has 1 amide bonds. The summed E-state index contributed by atoms with van der Waals surface area (Å²) in [5.74, 6) is 0.239. The van der Waals surface area contributed by atoms with Crippen LogP contribution in [0.15, 0.2) is 65.8 Å². The maximum atomic E-state index is 12.9. The zero-order valence-electron chi connectivity index (χ0n) is 18.5. The van der Waals surface area contributed by atoms with Crippen LogP contribution in [0.5, 0.6) is 0 Å². The molecule has 0 saturated carbocycles. The van der Waals surface area contributed by atoms with Crippen LogP contribution in [0, 0.1) is 0 Å². The van der Waals surface area contributed by atoms with Crippen molar-refractivity contribution in [1.82, 2.24) is 15.4 Å². The molecule has 2 heterocycles. The number of nitrogens with one attached hydrogen (secondary N) is 1. The lowest BCUT2D eigenvalue weighted by Crippen LogP contribution is -2.32. The third kappa shape index (κ3) is 5.29. The zero-order chi connectivity index (χ0) is 22.3. The highest BCUT2D eigenvalue weighted by molar-refractivity contribution is 5.94. The van der Waals surface area contributed by atoms with E-state index >= 15 is 0 Å². The minimum Gasteiger partial charge on any atom is -0.378 e. The van der Waals surface area contributed by atoms with E-state index in [0.717, 1.165) is 48.4 Å². The SMILES string of the molecule is CN(C)c1ccc(/C=N/NC(=O)c2cc(-c3ccccc3)nc(N3CCCCC3)n2)cc1. The van der Waals surface area contributed by atoms with Gasteiger partial charge in [0.05, 0.1) is 11.9 Å². The van der Waals surface area contributed by atoms with Crippen molar-refractivity contribution in [3.8, 4) is 11.3 Å².